The lowest BCUT2D eigenvalue weighted by Crippen LogP contribution is -2.13. The van der Waals surface area contributed by atoms with E-state index in [-0.39, 0.29) is 5.56 Å². The van der Waals surface area contributed by atoms with Crippen molar-refractivity contribution in [3.8, 4) is 0 Å². The van der Waals surface area contributed by atoms with E-state index < -0.39 is 5.38 Å². The van der Waals surface area contributed by atoms with E-state index in [2.05, 4.69) is 15.9 Å². The first-order valence-corrected chi connectivity index (χ1v) is 8.73. The standard InChI is InChI=1S/C16H20BrClF2/c17-11-1-2-12-3-5-13(6-4-12)14-7-9-15(10-8-14)16(18,19)20/h7-10,12-13H,1-6,11H2. The third-order valence-corrected chi connectivity index (χ3v) is 5.08. The minimum Gasteiger partial charge on any atom is -0.183 e. The molecule has 0 radical (unpaired) electrons. The van der Waals surface area contributed by atoms with Gasteiger partial charge in [-0.15, -0.1) is 0 Å². The van der Waals surface area contributed by atoms with Crippen LogP contribution in [0.2, 0.25) is 0 Å². The summed E-state index contributed by atoms with van der Waals surface area (Å²) in [6, 6.07) is 6.54. The van der Waals surface area contributed by atoms with Crippen LogP contribution in [0.25, 0.3) is 0 Å². The Labute approximate surface area is 133 Å². The second-order valence-corrected chi connectivity index (χ2v) is 6.94. The normalized spacial score (nSPS) is 23.8. The van der Waals surface area contributed by atoms with E-state index in [1.54, 1.807) is 0 Å². The molecule has 112 valence electrons. The molecule has 0 N–H and O–H groups in total. The Kier molecular flexibility index (Phi) is 5.85. The highest BCUT2D eigenvalue weighted by atomic mass is 79.9. The summed E-state index contributed by atoms with van der Waals surface area (Å²) in [6.45, 7) is 0. The number of rotatable bonds is 5. The molecular weight excluding hydrogens is 346 g/mol. The van der Waals surface area contributed by atoms with Gasteiger partial charge in [0.15, 0.2) is 0 Å². The molecule has 1 fully saturated rings. The van der Waals surface area contributed by atoms with Gasteiger partial charge >= 0.3 is 5.38 Å². The van der Waals surface area contributed by atoms with Gasteiger partial charge in [0.2, 0.25) is 0 Å². The average molecular weight is 366 g/mol. The lowest BCUT2D eigenvalue weighted by atomic mass is 9.77. The Hall–Kier alpha value is -0.150. The first-order chi connectivity index (χ1) is 9.50. The van der Waals surface area contributed by atoms with Crippen molar-refractivity contribution in [3.05, 3.63) is 35.4 Å². The van der Waals surface area contributed by atoms with Crippen molar-refractivity contribution in [1.82, 2.24) is 0 Å². The van der Waals surface area contributed by atoms with Gasteiger partial charge in [-0.2, -0.15) is 8.78 Å². The lowest BCUT2D eigenvalue weighted by Gasteiger charge is -2.29. The van der Waals surface area contributed by atoms with Crippen LogP contribution in [0.4, 0.5) is 8.78 Å². The van der Waals surface area contributed by atoms with Crippen molar-refractivity contribution in [2.45, 2.75) is 49.8 Å². The third-order valence-electron chi connectivity index (χ3n) is 4.30. The van der Waals surface area contributed by atoms with Crippen LogP contribution in [0.1, 0.15) is 55.6 Å². The molecule has 0 atom stereocenters. The van der Waals surface area contributed by atoms with Crippen LogP contribution in [0.5, 0.6) is 0 Å². The van der Waals surface area contributed by atoms with Crippen molar-refractivity contribution < 1.29 is 8.78 Å². The smallest absolute Gasteiger partial charge is 0.183 e. The van der Waals surface area contributed by atoms with Gasteiger partial charge < -0.3 is 0 Å². The van der Waals surface area contributed by atoms with Crippen molar-refractivity contribution in [3.63, 3.8) is 0 Å². The summed E-state index contributed by atoms with van der Waals surface area (Å²) in [6.07, 6.45) is 7.40. The predicted octanol–water partition coefficient (Wildman–Crippen LogP) is 6.42. The zero-order chi connectivity index (χ0) is 14.6. The van der Waals surface area contributed by atoms with Crippen LogP contribution in [0, 0.1) is 5.92 Å². The summed E-state index contributed by atoms with van der Waals surface area (Å²) >= 11 is 8.50. The topological polar surface area (TPSA) is 0 Å². The molecule has 0 nitrogen and oxygen atoms in total. The van der Waals surface area contributed by atoms with Gasteiger partial charge in [-0.05, 0) is 67.5 Å². The molecule has 0 spiro atoms. The van der Waals surface area contributed by atoms with Gasteiger partial charge in [0, 0.05) is 10.9 Å². The third kappa shape index (κ3) is 4.42. The van der Waals surface area contributed by atoms with Gasteiger partial charge in [0.1, 0.15) is 0 Å². The van der Waals surface area contributed by atoms with E-state index in [1.807, 2.05) is 12.1 Å². The zero-order valence-electron chi connectivity index (χ0n) is 11.4. The molecule has 0 unspecified atom stereocenters. The highest BCUT2D eigenvalue weighted by Crippen LogP contribution is 2.39. The van der Waals surface area contributed by atoms with Crippen LogP contribution in [0.15, 0.2) is 24.3 Å². The second kappa shape index (κ2) is 7.22. The first-order valence-electron chi connectivity index (χ1n) is 7.24. The quantitative estimate of drug-likeness (QED) is 0.528. The van der Waals surface area contributed by atoms with Gasteiger partial charge in [-0.3, -0.25) is 0 Å². The van der Waals surface area contributed by atoms with Crippen LogP contribution in [-0.4, -0.2) is 5.33 Å². The minimum absolute atomic E-state index is 0.117. The van der Waals surface area contributed by atoms with Crippen LogP contribution in [-0.2, 0) is 5.38 Å². The summed E-state index contributed by atoms with van der Waals surface area (Å²) in [5, 5.41) is -2.17. The Balaban J connectivity index is 1.90. The zero-order valence-corrected chi connectivity index (χ0v) is 13.8. The van der Waals surface area contributed by atoms with Gasteiger partial charge in [-0.25, -0.2) is 0 Å². The summed E-state index contributed by atoms with van der Waals surface area (Å²) in [5.74, 6) is 1.36. The molecule has 0 heterocycles. The number of halogens is 4. The summed E-state index contributed by atoms with van der Waals surface area (Å²) in [5.41, 5.74) is 1.06. The van der Waals surface area contributed by atoms with E-state index in [0.717, 1.165) is 11.2 Å². The molecule has 0 aliphatic heterocycles. The minimum atomic E-state index is -3.26. The number of hydrogen-bond acceptors (Lipinski definition) is 0. The van der Waals surface area contributed by atoms with E-state index in [4.69, 9.17) is 11.6 Å². The second-order valence-electron chi connectivity index (χ2n) is 5.67. The molecule has 1 saturated carbocycles. The van der Waals surface area contributed by atoms with Crippen molar-refractivity contribution in [1.29, 1.82) is 0 Å². The highest BCUT2D eigenvalue weighted by Gasteiger charge is 2.28. The summed E-state index contributed by atoms with van der Waals surface area (Å²) < 4.78 is 25.9. The maximum absolute atomic E-state index is 13.0. The Bertz CT molecular complexity index is 405. The summed E-state index contributed by atoms with van der Waals surface area (Å²) in [4.78, 5) is 0. The summed E-state index contributed by atoms with van der Waals surface area (Å²) in [7, 11) is 0. The molecule has 1 aromatic carbocycles. The predicted molar refractivity (Wildman–Crippen MR) is 83.9 cm³/mol. The number of hydrogen-bond donors (Lipinski definition) is 0. The maximum Gasteiger partial charge on any atom is 0.348 e. The Morgan fingerprint density at radius 2 is 1.70 bits per heavy atom. The largest absolute Gasteiger partial charge is 0.348 e. The van der Waals surface area contributed by atoms with E-state index in [0.29, 0.717) is 5.92 Å². The van der Waals surface area contributed by atoms with Crippen molar-refractivity contribution in [2.24, 2.45) is 5.92 Å². The first kappa shape index (κ1) is 16.2. The Morgan fingerprint density at radius 3 is 2.20 bits per heavy atom. The molecule has 0 aromatic heterocycles. The Morgan fingerprint density at radius 1 is 1.10 bits per heavy atom. The molecule has 2 rings (SSSR count). The molecule has 4 heteroatoms. The number of benzene rings is 1. The lowest BCUT2D eigenvalue weighted by molar-refractivity contribution is 0.0951. The maximum atomic E-state index is 13.0. The van der Waals surface area contributed by atoms with Gasteiger partial charge in [0.25, 0.3) is 0 Å². The van der Waals surface area contributed by atoms with E-state index in [1.165, 1.54) is 56.2 Å². The molecule has 0 bridgehead atoms. The fraction of sp³-hybridized carbons (Fsp3) is 0.625. The van der Waals surface area contributed by atoms with Crippen LogP contribution >= 0.6 is 27.5 Å². The fourth-order valence-corrected chi connectivity index (χ4v) is 3.54. The fourth-order valence-electron chi connectivity index (χ4n) is 3.09. The van der Waals surface area contributed by atoms with E-state index >= 15 is 0 Å². The molecule has 1 aliphatic rings. The molecular formula is C16H20BrClF2. The van der Waals surface area contributed by atoms with Crippen molar-refractivity contribution in [2.75, 3.05) is 5.33 Å². The van der Waals surface area contributed by atoms with Crippen LogP contribution in [0.3, 0.4) is 0 Å². The van der Waals surface area contributed by atoms with Gasteiger partial charge in [-0.1, -0.05) is 40.2 Å². The number of alkyl halides is 4. The molecule has 1 aromatic rings. The SMILES string of the molecule is FC(F)(Cl)c1ccc(C2CCC(CCCBr)CC2)cc1. The molecule has 0 saturated heterocycles. The van der Waals surface area contributed by atoms with E-state index in [9.17, 15) is 8.78 Å². The van der Waals surface area contributed by atoms with Crippen molar-refractivity contribution >= 4 is 27.5 Å². The highest BCUT2D eigenvalue weighted by molar-refractivity contribution is 9.09. The van der Waals surface area contributed by atoms with Gasteiger partial charge in [0.05, 0.1) is 0 Å². The molecule has 1 aliphatic carbocycles. The average Bonchev–Trinajstić information content (AvgIpc) is 2.45. The molecule has 0 amide bonds. The monoisotopic (exact) mass is 364 g/mol. The molecule has 20 heavy (non-hydrogen) atoms. The van der Waals surface area contributed by atoms with Crippen LogP contribution < -0.4 is 0 Å².